The van der Waals surface area contributed by atoms with Crippen molar-refractivity contribution in [3.63, 3.8) is 0 Å². The lowest BCUT2D eigenvalue weighted by Crippen LogP contribution is -2.06. The molecular weight excluding hydrogens is 276 g/mol. The van der Waals surface area contributed by atoms with Crippen molar-refractivity contribution in [3.05, 3.63) is 28.2 Å². The number of carboxylic acid groups (broad SMARTS) is 1. The van der Waals surface area contributed by atoms with Gasteiger partial charge in [-0.2, -0.15) is 0 Å². The molecule has 0 aromatic heterocycles. The van der Waals surface area contributed by atoms with Crippen molar-refractivity contribution >= 4 is 21.9 Å². The molecule has 0 aliphatic heterocycles. The second kappa shape index (κ2) is 6.50. The number of benzene rings is 1. The summed E-state index contributed by atoms with van der Waals surface area (Å²) in [5, 5.41) is 8.81. The van der Waals surface area contributed by atoms with E-state index < -0.39 is 5.97 Å². The summed E-state index contributed by atoms with van der Waals surface area (Å²) in [6.45, 7) is 3.55. The van der Waals surface area contributed by atoms with Gasteiger partial charge >= 0.3 is 5.97 Å². The van der Waals surface area contributed by atoms with Crippen LogP contribution in [0.5, 0.6) is 5.75 Å². The predicted molar refractivity (Wildman–Crippen MR) is 63.1 cm³/mol. The van der Waals surface area contributed by atoms with E-state index in [-0.39, 0.29) is 5.56 Å². The predicted octanol–water partition coefficient (Wildman–Crippen LogP) is 2.56. The third-order valence-electron chi connectivity index (χ3n) is 1.87. The third kappa shape index (κ3) is 3.83. The van der Waals surface area contributed by atoms with Crippen LogP contribution in [0.2, 0.25) is 0 Å². The van der Waals surface area contributed by atoms with Gasteiger partial charge in [-0.15, -0.1) is 0 Å². The molecule has 0 radical (unpaired) electrons. The quantitative estimate of drug-likeness (QED) is 0.818. The number of hydrogen-bond acceptors (Lipinski definition) is 3. The number of rotatable bonds is 6. The number of ether oxygens (including phenoxy) is 2. The van der Waals surface area contributed by atoms with Crippen LogP contribution in [0.4, 0.5) is 0 Å². The van der Waals surface area contributed by atoms with Crippen LogP contribution in [0.15, 0.2) is 22.7 Å². The fourth-order valence-electron chi connectivity index (χ4n) is 1.12. The molecule has 0 aliphatic carbocycles. The van der Waals surface area contributed by atoms with Gasteiger partial charge in [0.2, 0.25) is 0 Å². The van der Waals surface area contributed by atoms with E-state index in [1.165, 1.54) is 6.07 Å². The Hall–Kier alpha value is -1.07. The van der Waals surface area contributed by atoms with Crippen LogP contribution in [-0.2, 0) is 4.74 Å². The molecule has 0 aliphatic rings. The number of carboxylic acids is 1. The maximum Gasteiger partial charge on any atom is 0.336 e. The Labute approximate surface area is 102 Å². The summed E-state index contributed by atoms with van der Waals surface area (Å²) >= 11 is 3.18. The van der Waals surface area contributed by atoms with Gasteiger partial charge in [-0.05, 0) is 41.1 Å². The van der Waals surface area contributed by atoms with E-state index in [4.69, 9.17) is 14.6 Å². The molecule has 0 spiro atoms. The van der Waals surface area contributed by atoms with Gasteiger partial charge in [-0.25, -0.2) is 4.79 Å². The Kier molecular flexibility index (Phi) is 5.28. The fourth-order valence-corrected chi connectivity index (χ4v) is 1.65. The molecule has 5 heteroatoms. The smallest absolute Gasteiger partial charge is 0.336 e. The summed E-state index contributed by atoms with van der Waals surface area (Å²) < 4.78 is 11.0. The molecule has 0 unspecified atom stereocenters. The average molecular weight is 289 g/mol. The maximum atomic E-state index is 10.7. The van der Waals surface area contributed by atoms with Crippen molar-refractivity contribution < 1.29 is 19.4 Å². The van der Waals surface area contributed by atoms with E-state index in [9.17, 15) is 4.79 Å². The van der Waals surface area contributed by atoms with Crippen molar-refractivity contribution in [1.82, 2.24) is 0 Å². The number of carbonyl (C=O) groups is 1. The van der Waals surface area contributed by atoms with Gasteiger partial charge in [-0.1, -0.05) is 0 Å². The van der Waals surface area contributed by atoms with Crippen molar-refractivity contribution in [2.45, 2.75) is 6.92 Å². The number of aromatic carboxylic acids is 1. The van der Waals surface area contributed by atoms with Gasteiger partial charge in [0.05, 0.1) is 12.2 Å². The lowest BCUT2D eigenvalue weighted by Gasteiger charge is -2.07. The first-order chi connectivity index (χ1) is 7.65. The van der Waals surface area contributed by atoms with E-state index in [2.05, 4.69) is 15.9 Å². The number of halogens is 1. The molecule has 0 saturated heterocycles. The second-order valence-electron chi connectivity index (χ2n) is 2.99. The van der Waals surface area contributed by atoms with Crippen LogP contribution in [0.25, 0.3) is 0 Å². The summed E-state index contributed by atoms with van der Waals surface area (Å²) in [5.41, 5.74) is 0.220. The van der Waals surface area contributed by atoms with Gasteiger partial charge in [0.1, 0.15) is 12.4 Å². The van der Waals surface area contributed by atoms with Crippen molar-refractivity contribution in [2.75, 3.05) is 19.8 Å². The molecule has 0 bridgehead atoms. The second-order valence-corrected chi connectivity index (χ2v) is 3.85. The zero-order chi connectivity index (χ0) is 12.0. The van der Waals surface area contributed by atoms with E-state index in [0.717, 1.165) is 0 Å². The largest absolute Gasteiger partial charge is 0.491 e. The summed E-state index contributed by atoms with van der Waals surface area (Å²) in [7, 11) is 0. The molecule has 88 valence electrons. The van der Waals surface area contributed by atoms with Gasteiger partial charge in [0, 0.05) is 11.1 Å². The van der Waals surface area contributed by atoms with Crippen molar-refractivity contribution in [2.24, 2.45) is 0 Å². The summed E-state index contributed by atoms with van der Waals surface area (Å²) in [4.78, 5) is 10.7. The Balaban J connectivity index is 2.56. The zero-order valence-corrected chi connectivity index (χ0v) is 10.5. The van der Waals surface area contributed by atoms with Crippen molar-refractivity contribution in [1.29, 1.82) is 0 Å². The third-order valence-corrected chi connectivity index (χ3v) is 2.53. The van der Waals surface area contributed by atoms with Crippen molar-refractivity contribution in [3.8, 4) is 5.75 Å². The van der Waals surface area contributed by atoms with Gasteiger partial charge in [-0.3, -0.25) is 0 Å². The maximum absolute atomic E-state index is 10.7. The monoisotopic (exact) mass is 288 g/mol. The van der Waals surface area contributed by atoms with Crippen LogP contribution >= 0.6 is 15.9 Å². The standard InChI is InChI=1S/C11H13BrO4/c1-2-15-5-6-16-8-3-4-9(11(13)14)10(12)7-8/h3-4,7H,2,5-6H2,1H3,(H,13,14). The first kappa shape index (κ1) is 13.0. The minimum atomic E-state index is -0.965. The number of hydrogen-bond donors (Lipinski definition) is 1. The lowest BCUT2D eigenvalue weighted by molar-refractivity contribution is 0.0695. The van der Waals surface area contributed by atoms with Gasteiger partial charge in [0.15, 0.2) is 0 Å². The molecule has 0 fully saturated rings. The Morgan fingerprint density at radius 1 is 1.44 bits per heavy atom. The van der Waals surface area contributed by atoms with Crippen LogP contribution in [-0.4, -0.2) is 30.9 Å². The van der Waals surface area contributed by atoms with Crippen LogP contribution < -0.4 is 4.74 Å². The highest BCUT2D eigenvalue weighted by Gasteiger charge is 2.08. The molecule has 0 atom stereocenters. The van der Waals surface area contributed by atoms with Crippen LogP contribution in [0, 0.1) is 0 Å². The molecule has 0 heterocycles. The Morgan fingerprint density at radius 2 is 2.19 bits per heavy atom. The van der Waals surface area contributed by atoms with E-state index >= 15 is 0 Å². The van der Waals surface area contributed by atoms with E-state index in [1.807, 2.05) is 6.92 Å². The molecule has 4 nitrogen and oxygen atoms in total. The molecule has 1 aromatic carbocycles. The highest BCUT2D eigenvalue weighted by molar-refractivity contribution is 9.10. The summed E-state index contributed by atoms with van der Waals surface area (Å²) in [6.07, 6.45) is 0. The summed E-state index contributed by atoms with van der Waals surface area (Å²) in [6, 6.07) is 4.76. The molecule has 1 N–H and O–H groups in total. The normalized spacial score (nSPS) is 10.1. The first-order valence-corrected chi connectivity index (χ1v) is 5.68. The molecule has 0 saturated carbocycles. The molecule has 1 aromatic rings. The highest BCUT2D eigenvalue weighted by Crippen LogP contribution is 2.23. The topological polar surface area (TPSA) is 55.8 Å². The van der Waals surface area contributed by atoms with Crippen LogP contribution in [0.1, 0.15) is 17.3 Å². The van der Waals surface area contributed by atoms with Gasteiger partial charge < -0.3 is 14.6 Å². The molecule has 1 rings (SSSR count). The van der Waals surface area contributed by atoms with E-state index in [1.54, 1.807) is 12.1 Å². The molecular formula is C11H13BrO4. The summed E-state index contributed by atoms with van der Waals surface area (Å²) in [5.74, 6) is -0.343. The molecule has 16 heavy (non-hydrogen) atoms. The zero-order valence-electron chi connectivity index (χ0n) is 8.90. The lowest BCUT2D eigenvalue weighted by atomic mass is 10.2. The highest BCUT2D eigenvalue weighted by atomic mass is 79.9. The average Bonchev–Trinajstić information content (AvgIpc) is 2.24. The minimum Gasteiger partial charge on any atom is -0.491 e. The fraction of sp³-hybridized carbons (Fsp3) is 0.364. The molecule has 0 amide bonds. The van der Waals surface area contributed by atoms with Crippen LogP contribution in [0.3, 0.4) is 0 Å². The Morgan fingerprint density at radius 3 is 2.75 bits per heavy atom. The Bertz CT molecular complexity index is 365. The first-order valence-electron chi connectivity index (χ1n) is 4.88. The SMILES string of the molecule is CCOCCOc1ccc(C(=O)O)c(Br)c1. The van der Waals surface area contributed by atoms with E-state index in [0.29, 0.717) is 30.0 Å². The van der Waals surface area contributed by atoms with Gasteiger partial charge in [0.25, 0.3) is 0 Å². The minimum absolute atomic E-state index is 0.220.